The molecule has 0 heterocycles. The van der Waals surface area contributed by atoms with Gasteiger partial charge in [-0.2, -0.15) is 0 Å². The number of esters is 1. The molecule has 1 N–H and O–H groups in total. The second kappa shape index (κ2) is 14.7. The summed E-state index contributed by atoms with van der Waals surface area (Å²) >= 11 is 0. The summed E-state index contributed by atoms with van der Waals surface area (Å²) in [6, 6.07) is 12.3. The van der Waals surface area contributed by atoms with Gasteiger partial charge >= 0.3 is 5.97 Å². The smallest absolute Gasteiger partial charge is 0.338 e. The monoisotopic (exact) mass is 453 g/mol. The molecule has 0 aliphatic rings. The first-order valence-electron chi connectivity index (χ1n) is 11.7. The van der Waals surface area contributed by atoms with Crippen LogP contribution in [0.4, 0.5) is 5.69 Å². The van der Waals surface area contributed by atoms with Crippen LogP contribution in [-0.2, 0) is 9.53 Å². The molecule has 0 aromatic heterocycles. The van der Waals surface area contributed by atoms with Gasteiger partial charge in [-0.25, -0.2) is 4.79 Å². The van der Waals surface area contributed by atoms with Gasteiger partial charge in [0.25, 0.3) is 0 Å². The summed E-state index contributed by atoms with van der Waals surface area (Å²) in [5, 5.41) is 2.79. The van der Waals surface area contributed by atoms with Crippen LogP contribution in [0, 0.1) is 0 Å². The van der Waals surface area contributed by atoms with E-state index in [4.69, 9.17) is 14.2 Å². The highest BCUT2D eigenvalue weighted by Crippen LogP contribution is 2.29. The number of amides is 1. The van der Waals surface area contributed by atoms with Gasteiger partial charge in [-0.15, -0.1) is 0 Å². The molecular weight excluding hydrogens is 418 g/mol. The molecule has 0 unspecified atom stereocenters. The minimum Gasteiger partial charge on any atom is -0.490 e. The quantitative estimate of drug-likeness (QED) is 0.207. The van der Waals surface area contributed by atoms with E-state index in [1.165, 1.54) is 6.08 Å². The van der Waals surface area contributed by atoms with E-state index in [0.717, 1.165) is 37.7 Å². The van der Waals surface area contributed by atoms with Crippen molar-refractivity contribution < 1.29 is 23.8 Å². The maximum atomic E-state index is 12.3. The van der Waals surface area contributed by atoms with Crippen LogP contribution in [-0.4, -0.2) is 31.7 Å². The van der Waals surface area contributed by atoms with Crippen molar-refractivity contribution in [1.82, 2.24) is 0 Å². The lowest BCUT2D eigenvalue weighted by molar-refractivity contribution is -0.111. The van der Waals surface area contributed by atoms with E-state index in [1.54, 1.807) is 30.3 Å². The predicted molar refractivity (Wildman–Crippen MR) is 132 cm³/mol. The Bertz CT molecular complexity index is 905. The number of rotatable bonds is 14. The maximum absolute atomic E-state index is 12.3. The van der Waals surface area contributed by atoms with Gasteiger partial charge in [0.1, 0.15) is 0 Å². The number of benzene rings is 2. The zero-order valence-corrected chi connectivity index (χ0v) is 19.9. The molecule has 6 nitrogen and oxygen atoms in total. The highest BCUT2D eigenvalue weighted by atomic mass is 16.5. The first-order valence-corrected chi connectivity index (χ1v) is 11.7. The molecule has 0 saturated carbocycles. The molecule has 0 aliphatic heterocycles. The Morgan fingerprint density at radius 1 is 0.848 bits per heavy atom. The normalized spacial score (nSPS) is 10.8. The van der Waals surface area contributed by atoms with Crippen LogP contribution in [0.25, 0.3) is 6.08 Å². The van der Waals surface area contributed by atoms with E-state index < -0.39 is 0 Å². The number of anilines is 1. The van der Waals surface area contributed by atoms with Crippen LogP contribution < -0.4 is 14.8 Å². The number of hydrogen-bond acceptors (Lipinski definition) is 5. The predicted octanol–water partition coefficient (Wildman–Crippen LogP) is 6.26. The van der Waals surface area contributed by atoms with Crippen molar-refractivity contribution in [1.29, 1.82) is 0 Å². The van der Waals surface area contributed by atoms with Crippen LogP contribution in [0.3, 0.4) is 0 Å². The van der Waals surface area contributed by atoms with Gasteiger partial charge in [-0.05, 0) is 67.8 Å². The second-order valence-electron chi connectivity index (χ2n) is 7.58. The van der Waals surface area contributed by atoms with Crippen molar-refractivity contribution in [2.24, 2.45) is 0 Å². The first kappa shape index (κ1) is 26.0. The Balaban J connectivity index is 1.92. The van der Waals surface area contributed by atoms with Crippen molar-refractivity contribution >= 4 is 23.6 Å². The van der Waals surface area contributed by atoms with Crippen molar-refractivity contribution in [3.8, 4) is 11.5 Å². The third-order valence-electron chi connectivity index (χ3n) is 4.82. The number of ether oxygens (including phenoxy) is 3. The molecule has 2 aromatic carbocycles. The van der Waals surface area contributed by atoms with Crippen LogP contribution >= 0.6 is 0 Å². The summed E-state index contributed by atoms with van der Waals surface area (Å²) in [5.41, 5.74) is 1.89. The zero-order chi connectivity index (χ0) is 23.9. The van der Waals surface area contributed by atoms with Crippen LogP contribution in [0.2, 0.25) is 0 Å². The highest BCUT2D eigenvalue weighted by molar-refractivity contribution is 6.02. The van der Waals surface area contributed by atoms with Gasteiger partial charge in [-0.3, -0.25) is 4.79 Å². The fourth-order valence-corrected chi connectivity index (χ4v) is 2.99. The van der Waals surface area contributed by atoms with Crippen molar-refractivity contribution in [3.63, 3.8) is 0 Å². The minimum absolute atomic E-state index is 0.272. The van der Waals surface area contributed by atoms with Crippen molar-refractivity contribution in [2.45, 2.75) is 52.9 Å². The third kappa shape index (κ3) is 9.39. The average molecular weight is 454 g/mol. The molecule has 0 atom stereocenters. The lowest BCUT2D eigenvalue weighted by atomic mass is 10.1. The molecule has 2 rings (SSSR count). The van der Waals surface area contributed by atoms with Crippen molar-refractivity contribution in [3.05, 3.63) is 59.7 Å². The van der Waals surface area contributed by atoms with E-state index in [0.29, 0.717) is 42.6 Å². The molecule has 0 saturated heterocycles. The van der Waals surface area contributed by atoms with Gasteiger partial charge in [-0.1, -0.05) is 39.2 Å². The van der Waals surface area contributed by atoms with Gasteiger partial charge in [0.05, 0.1) is 25.4 Å². The van der Waals surface area contributed by atoms with E-state index in [-0.39, 0.29) is 11.9 Å². The molecule has 0 radical (unpaired) electrons. The van der Waals surface area contributed by atoms with Gasteiger partial charge in [0.15, 0.2) is 11.5 Å². The molecule has 6 heteroatoms. The molecule has 1 amide bonds. The van der Waals surface area contributed by atoms with Crippen molar-refractivity contribution in [2.75, 3.05) is 25.1 Å². The highest BCUT2D eigenvalue weighted by Gasteiger charge is 2.08. The van der Waals surface area contributed by atoms with Gasteiger partial charge in [0, 0.05) is 11.8 Å². The van der Waals surface area contributed by atoms with E-state index in [1.807, 2.05) is 25.1 Å². The van der Waals surface area contributed by atoms with Crippen LogP contribution in [0.5, 0.6) is 11.5 Å². The molecule has 2 aromatic rings. The summed E-state index contributed by atoms with van der Waals surface area (Å²) in [5.74, 6) is 0.742. The van der Waals surface area contributed by atoms with E-state index in [2.05, 4.69) is 19.2 Å². The summed E-state index contributed by atoms with van der Waals surface area (Å²) in [7, 11) is 0. The maximum Gasteiger partial charge on any atom is 0.338 e. The molecule has 33 heavy (non-hydrogen) atoms. The van der Waals surface area contributed by atoms with E-state index >= 15 is 0 Å². The number of hydrogen-bond donors (Lipinski definition) is 1. The lowest BCUT2D eigenvalue weighted by Crippen LogP contribution is -2.09. The summed E-state index contributed by atoms with van der Waals surface area (Å²) in [4.78, 5) is 24.3. The molecule has 0 bridgehead atoms. The average Bonchev–Trinajstić information content (AvgIpc) is 2.82. The van der Waals surface area contributed by atoms with Gasteiger partial charge in [0.2, 0.25) is 5.91 Å². The molecule has 0 aliphatic carbocycles. The molecule has 0 fully saturated rings. The molecule has 178 valence electrons. The zero-order valence-electron chi connectivity index (χ0n) is 19.9. The fraction of sp³-hybridized carbons (Fsp3) is 0.407. The van der Waals surface area contributed by atoms with Crippen LogP contribution in [0.1, 0.15) is 68.8 Å². The Hall–Kier alpha value is -3.28. The second-order valence-corrected chi connectivity index (χ2v) is 7.58. The minimum atomic E-state index is -0.351. The summed E-state index contributed by atoms with van der Waals surface area (Å²) in [6.45, 7) is 7.73. The Morgan fingerprint density at radius 2 is 1.61 bits per heavy atom. The number of unbranched alkanes of at least 4 members (excludes halogenated alkanes) is 3. The first-order chi connectivity index (χ1) is 16.1. The van der Waals surface area contributed by atoms with E-state index in [9.17, 15) is 9.59 Å². The third-order valence-corrected chi connectivity index (χ3v) is 4.82. The molecular formula is C27H35NO5. The van der Waals surface area contributed by atoms with Gasteiger partial charge < -0.3 is 19.5 Å². The number of carbonyl (C=O) groups excluding carboxylic acids is 2. The topological polar surface area (TPSA) is 73.9 Å². The standard InChI is InChI=1S/C27H35NO5/c1-4-7-9-19-33-27(30)22-12-14-23(15-13-22)28-26(29)17-11-21-10-16-24(32-18-8-5-2)25(20-21)31-6-3/h10-17,20H,4-9,18-19H2,1-3H3,(H,28,29)/b17-11+. The number of carbonyl (C=O) groups is 2. The molecule has 0 spiro atoms. The largest absolute Gasteiger partial charge is 0.490 e. The number of nitrogens with one attached hydrogen (secondary N) is 1. The fourth-order valence-electron chi connectivity index (χ4n) is 2.99. The Kier molecular flexibility index (Phi) is 11.6. The van der Waals surface area contributed by atoms with Crippen LogP contribution in [0.15, 0.2) is 48.5 Å². The Morgan fingerprint density at radius 3 is 2.30 bits per heavy atom. The lowest BCUT2D eigenvalue weighted by Gasteiger charge is -2.12. The summed E-state index contributed by atoms with van der Waals surface area (Å²) in [6.07, 6.45) is 8.19. The Labute approximate surface area is 196 Å². The summed E-state index contributed by atoms with van der Waals surface area (Å²) < 4.78 is 16.7. The SMILES string of the molecule is CCCCCOC(=O)c1ccc(NC(=O)/C=C/c2ccc(OCCCC)c(OCC)c2)cc1.